The summed E-state index contributed by atoms with van der Waals surface area (Å²) in [5.74, 6) is -0.235. The lowest BCUT2D eigenvalue weighted by molar-refractivity contribution is 0.0599. The average Bonchev–Trinajstić information content (AvgIpc) is 2.62. The smallest absolute Gasteiger partial charge is 0.338 e. The summed E-state index contributed by atoms with van der Waals surface area (Å²) in [5.41, 5.74) is 0.731. The van der Waals surface area contributed by atoms with Gasteiger partial charge in [-0.05, 0) is 6.07 Å². The van der Waals surface area contributed by atoms with Gasteiger partial charge in [-0.25, -0.2) is 4.79 Å². The van der Waals surface area contributed by atoms with E-state index in [1.807, 2.05) is 0 Å². The molecule has 72 valence electrons. The van der Waals surface area contributed by atoms with Crippen molar-refractivity contribution in [3.63, 3.8) is 0 Å². The van der Waals surface area contributed by atoms with E-state index in [4.69, 9.17) is 4.42 Å². The minimum atomic E-state index is -0.802. The summed E-state index contributed by atoms with van der Waals surface area (Å²) in [4.78, 5) is 11.2. The van der Waals surface area contributed by atoms with E-state index in [2.05, 4.69) is 4.74 Å². The molecule has 0 amide bonds. The Morgan fingerprint density at radius 1 is 1.50 bits per heavy atom. The highest BCUT2D eigenvalue weighted by molar-refractivity contribution is 5.96. The van der Waals surface area contributed by atoms with Crippen LogP contribution < -0.4 is 0 Å². The predicted octanol–water partition coefficient (Wildman–Crippen LogP) is 2.31. The minimum Gasteiger partial charge on any atom is -0.465 e. The molecule has 3 nitrogen and oxygen atoms in total. The summed E-state index contributed by atoms with van der Waals surface area (Å²) < 4.78 is 22.2. The van der Waals surface area contributed by atoms with Crippen molar-refractivity contribution >= 4 is 5.97 Å². The van der Waals surface area contributed by atoms with Gasteiger partial charge in [-0.15, -0.1) is 0 Å². The molecule has 0 saturated carbocycles. The van der Waals surface area contributed by atoms with Gasteiger partial charge in [0, 0.05) is 11.6 Å². The van der Waals surface area contributed by atoms with Gasteiger partial charge in [0.2, 0.25) is 0 Å². The normalized spacial score (nSPS) is 10.4. The number of esters is 1. The molecule has 0 aromatic heterocycles. The van der Waals surface area contributed by atoms with E-state index < -0.39 is 12.0 Å². The van der Waals surface area contributed by atoms with Crippen molar-refractivity contribution in [2.24, 2.45) is 0 Å². The first-order valence-corrected chi connectivity index (χ1v) is 3.99. The van der Waals surface area contributed by atoms with Crippen LogP contribution in [0.1, 0.15) is 10.4 Å². The van der Waals surface area contributed by atoms with Crippen molar-refractivity contribution < 1.29 is 18.3 Å². The molecule has 4 heteroatoms. The molecule has 1 aliphatic carbocycles. The van der Waals surface area contributed by atoms with Gasteiger partial charge in [0.05, 0.1) is 12.7 Å². The SMILES string of the molecule is COC(=O)c1cc(F)oc2cccc1-2. The lowest BCUT2D eigenvalue weighted by atomic mass is 10.1. The first-order chi connectivity index (χ1) is 6.72. The highest BCUT2D eigenvalue weighted by Gasteiger charge is 2.18. The third-order valence-electron chi connectivity index (χ3n) is 1.94. The van der Waals surface area contributed by atoms with E-state index in [1.165, 1.54) is 7.11 Å². The standard InChI is InChI=1S/C10H7FO3/c1-13-10(12)7-5-9(11)14-8-4-2-3-6(7)8/h2-5H,1H3. The maximum absolute atomic E-state index is 12.9. The molecule has 0 saturated heterocycles. The molecule has 0 atom stereocenters. The molecule has 14 heavy (non-hydrogen) atoms. The van der Waals surface area contributed by atoms with Gasteiger partial charge in [0.25, 0.3) is 6.01 Å². The average molecular weight is 194 g/mol. The van der Waals surface area contributed by atoms with Crippen molar-refractivity contribution in [2.45, 2.75) is 0 Å². The summed E-state index contributed by atoms with van der Waals surface area (Å²) in [6, 6.07) is 5.16. The van der Waals surface area contributed by atoms with Crippen LogP contribution in [0.5, 0.6) is 0 Å². The van der Waals surface area contributed by atoms with E-state index >= 15 is 0 Å². The minimum absolute atomic E-state index is 0.177. The summed E-state index contributed by atoms with van der Waals surface area (Å²) in [5, 5.41) is 0. The molecule has 0 aromatic carbocycles. The van der Waals surface area contributed by atoms with Crippen LogP contribution in [0.4, 0.5) is 4.39 Å². The van der Waals surface area contributed by atoms with Crippen LogP contribution in [0.25, 0.3) is 11.3 Å². The van der Waals surface area contributed by atoms with Gasteiger partial charge in [0.1, 0.15) is 5.76 Å². The summed E-state index contributed by atoms with van der Waals surface area (Å²) in [6.07, 6.45) is 0. The Bertz CT molecular complexity index is 447. The highest BCUT2D eigenvalue weighted by Crippen LogP contribution is 2.28. The molecule has 0 bridgehead atoms. The number of fused-ring (bicyclic) bond motifs is 1. The van der Waals surface area contributed by atoms with Crippen molar-refractivity contribution in [1.29, 1.82) is 0 Å². The van der Waals surface area contributed by atoms with Crippen LogP contribution in [0.3, 0.4) is 0 Å². The van der Waals surface area contributed by atoms with Gasteiger partial charge < -0.3 is 9.15 Å². The summed E-state index contributed by atoms with van der Waals surface area (Å²) >= 11 is 0. The van der Waals surface area contributed by atoms with E-state index in [0.717, 1.165) is 6.07 Å². The topological polar surface area (TPSA) is 39.4 Å². The van der Waals surface area contributed by atoms with Crippen LogP contribution in [0.15, 0.2) is 28.7 Å². The molecule has 0 radical (unpaired) electrons. The molecule has 2 rings (SSSR count). The second kappa shape index (κ2) is 3.14. The van der Waals surface area contributed by atoms with Crippen molar-refractivity contribution in [3.05, 3.63) is 35.8 Å². The molecule has 2 aliphatic rings. The fraction of sp³-hybridized carbons (Fsp3) is 0.100. The largest absolute Gasteiger partial charge is 0.465 e. The lowest BCUT2D eigenvalue weighted by Gasteiger charge is -2.05. The van der Waals surface area contributed by atoms with Gasteiger partial charge in [-0.1, -0.05) is 12.1 Å². The summed E-state index contributed by atoms with van der Waals surface area (Å²) in [6.45, 7) is 0. The molecule has 1 heterocycles. The number of methoxy groups -OCH3 is 1. The Morgan fingerprint density at radius 2 is 2.29 bits per heavy atom. The molecule has 0 aromatic rings. The number of rotatable bonds is 1. The van der Waals surface area contributed by atoms with Gasteiger partial charge in [-0.2, -0.15) is 4.39 Å². The van der Waals surface area contributed by atoms with Gasteiger partial charge in [0.15, 0.2) is 0 Å². The zero-order chi connectivity index (χ0) is 10.1. The maximum Gasteiger partial charge on any atom is 0.338 e. The quantitative estimate of drug-likeness (QED) is 0.654. The number of carbonyl (C=O) groups excluding carboxylic acids is 1. The first kappa shape index (κ1) is 8.74. The van der Waals surface area contributed by atoms with Crippen LogP contribution >= 0.6 is 0 Å². The molecular formula is C10H7FO3. The third-order valence-corrected chi connectivity index (χ3v) is 1.94. The lowest BCUT2D eigenvalue weighted by Crippen LogP contribution is -2.03. The Hall–Kier alpha value is -1.84. The molecule has 0 spiro atoms. The molecule has 0 fully saturated rings. The Balaban J connectivity index is 2.65. The van der Waals surface area contributed by atoms with Crippen molar-refractivity contribution in [2.75, 3.05) is 7.11 Å². The van der Waals surface area contributed by atoms with E-state index in [9.17, 15) is 9.18 Å². The number of hydrogen-bond acceptors (Lipinski definition) is 3. The van der Waals surface area contributed by atoms with Crippen LogP contribution in [0, 0.1) is 6.01 Å². The first-order valence-electron chi connectivity index (χ1n) is 3.99. The Kier molecular flexibility index (Phi) is 1.96. The Labute approximate surface area is 79.4 Å². The van der Waals surface area contributed by atoms with Crippen LogP contribution in [0.2, 0.25) is 0 Å². The second-order valence-electron chi connectivity index (χ2n) is 2.76. The van der Waals surface area contributed by atoms with E-state index in [-0.39, 0.29) is 5.56 Å². The van der Waals surface area contributed by atoms with Crippen molar-refractivity contribution in [3.8, 4) is 11.3 Å². The zero-order valence-corrected chi connectivity index (χ0v) is 7.41. The van der Waals surface area contributed by atoms with Crippen LogP contribution in [-0.2, 0) is 4.74 Å². The molecular weight excluding hydrogens is 187 g/mol. The predicted molar refractivity (Wildman–Crippen MR) is 46.6 cm³/mol. The highest BCUT2D eigenvalue weighted by atomic mass is 19.1. The fourth-order valence-corrected chi connectivity index (χ4v) is 1.32. The number of carbonyl (C=O) groups is 1. The second-order valence-corrected chi connectivity index (χ2v) is 2.76. The number of halogens is 1. The zero-order valence-electron chi connectivity index (χ0n) is 7.41. The van der Waals surface area contributed by atoms with Crippen molar-refractivity contribution in [1.82, 2.24) is 0 Å². The number of hydrogen-bond donors (Lipinski definition) is 0. The van der Waals surface area contributed by atoms with Gasteiger partial charge in [-0.3, -0.25) is 0 Å². The number of ether oxygens (including phenoxy) is 1. The maximum atomic E-state index is 12.9. The van der Waals surface area contributed by atoms with E-state index in [0.29, 0.717) is 11.3 Å². The molecule has 0 N–H and O–H groups in total. The molecule has 0 unspecified atom stereocenters. The molecule has 1 aliphatic heterocycles. The third kappa shape index (κ3) is 1.25. The fourth-order valence-electron chi connectivity index (χ4n) is 1.32. The van der Waals surface area contributed by atoms with Crippen LogP contribution in [-0.4, -0.2) is 13.1 Å². The Morgan fingerprint density at radius 3 is 3.00 bits per heavy atom. The van der Waals surface area contributed by atoms with E-state index in [1.54, 1.807) is 18.2 Å². The monoisotopic (exact) mass is 194 g/mol. The van der Waals surface area contributed by atoms with Gasteiger partial charge >= 0.3 is 5.97 Å². The summed E-state index contributed by atoms with van der Waals surface area (Å²) in [7, 11) is 1.25.